The van der Waals surface area contributed by atoms with Crippen molar-refractivity contribution in [1.82, 2.24) is 9.97 Å². The summed E-state index contributed by atoms with van der Waals surface area (Å²) in [4.78, 5) is 23.8. The first-order chi connectivity index (χ1) is 14.0. The Morgan fingerprint density at radius 1 is 1.03 bits per heavy atom. The zero-order valence-corrected chi connectivity index (χ0v) is 18.3. The van der Waals surface area contributed by atoms with Crippen LogP contribution in [0.25, 0.3) is 10.7 Å². The number of fused-ring (bicyclic) bond motifs is 7. The second kappa shape index (κ2) is 6.23. The zero-order valence-electron chi connectivity index (χ0n) is 17.5. The second-order valence-electron chi connectivity index (χ2n) is 10.5. The van der Waals surface area contributed by atoms with E-state index in [-0.39, 0.29) is 5.41 Å². The van der Waals surface area contributed by atoms with Gasteiger partial charge < -0.3 is 0 Å². The number of carbonyl (C=O) groups is 1. The van der Waals surface area contributed by atoms with E-state index >= 15 is 0 Å². The Morgan fingerprint density at radius 2 is 1.93 bits per heavy atom. The van der Waals surface area contributed by atoms with Crippen molar-refractivity contribution in [2.75, 3.05) is 0 Å². The molecule has 0 aliphatic heterocycles. The minimum Gasteiger partial charge on any atom is -0.299 e. The van der Waals surface area contributed by atoms with Gasteiger partial charge in [0, 0.05) is 28.8 Å². The molecule has 0 N–H and O–H groups in total. The molecule has 6 rings (SSSR count). The summed E-state index contributed by atoms with van der Waals surface area (Å²) >= 11 is 1.90. The number of ketones is 1. The van der Waals surface area contributed by atoms with Gasteiger partial charge in [-0.1, -0.05) is 19.9 Å². The van der Waals surface area contributed by atoms with Crippen molar-refractivity contribution >= 4 is 17.1 Å². The summed E-state index contributed by atoms with van der Waals surface area (Å²) in [5.41, 5.74) is 2.71. The molecule has 0 amide bonds. The van der Waals surface area contributed by atoms with Crippen LogP contribution in [-0.4, -0.2) is 15.8 Å². The summed E-state index contributed by atoms with van der Waals surface area (Å²) in [6, 6.07) is 6.11. The number of aryl methyl sites for hydroxylation is 1. The van der Waals surface area contributed by atoms with E-state index in [0.29, 0.717) is 23.0 Å². The summed E-state index contributed by atoms with van der Waals surface area (Å²) < 4.78 is 0. The lowest BCUT2D eigenvalue weighted by atomic mass is 9.46. The predicted molar refractivity (Wildman–Crippen MR) is 116 cm³/mol. The highest BCUT2D eigenvalue weighted by atomic mass is 32.1. The monoisotopic (exact) mass is 406 g/mol. The molecular formula is C25H30N2OS. The van der Waals surface area contributed by atoms with Crippen LogP contribution in [0, 0.1) is 28.6 Å². The fraction of sp³-hybridized carbons (Fsp3) is 0.640. The van der Waals surface area contributed by atoms with Gasteiger partial charge in [0.15, 0.2) is 0 Å². The predicted octanol–water partition coefficient (Wildman–Crippen LogP) is 6.05. The lowest BCUT2D eigenvalue weighted by Crippen LogP contribution is -2.52. The highest BCUT2D eigenvalue weighted by Gasteiger charge is 2.60. The molecule has 0 radical (unpaired) electrons. The van der Waals surface area contributed by atoms with Gasteiger partial charge in [-0.05, 0) is 80.2 Å². The number of thiazole rings is 1. The molecule has 2 heterocycles. The second-order valence-corrected chi connectivity index (χ2v) is 11.5. The highest BCUT2D eigenvalue weighted by Crippen LogP contribution is 2.67. The third-order valence-corrected chi connectivity index (χ3v) is 10.6. The number of carbonyl (C=O) groups excluding carboxylic acids is 1. The van der Waals surface area contributed by atoms with Crippen molar-refractivity contribution in [3.05, 3.63) is 35.0 Å². The van der Waals surface area contributed by atoms with Crippen LogP contribution in [0.5, 0.6) is 0 Å². The van der Waals surface area contributed by atoms with Gasteiger partial charge in [0.2, 0.25) is 0 Å². The number of aromatic nitrogens is 2. The van der Waals surface area contributed by atoms with Gasteiger partial charge in [-0.3, -0.25) is 9.78 Å². The van der Waals surface area contributed by atoms with E-state index in [9.17, 15) is 4.79 Å². The first-order valence-corrected chi connectivity index (χ1v) is 12.3. The number of pyridine rings is 1. The molecule has 0 aromatic carbocycles. The standard InChI is InChI=1S/C25H30N2OS/c1-24-13-11-19-22(29-23(27-19)20-5-3-4-14-26-20)18(24)7-6-15-16-8-9-21(28)25(16,2)12-10-17(15)24/h3-5,14-18H,6-13H2,1-2H3/t15-,16-,17-,18?,24+,25-/m0/s1. The summed E-state index contributed by atoms with van der Waals surface area (Å²) in [5, 5.41) is 1.10. The Hall–Kier alpha value is -1.55. The maximum Gasteiger partial charge on any atom is 0.142 e. The van der Waals surface area contributed by atoms with Gasteiger partial charge >= 0.3 is 0 Å². The molecule has 2 aromatic heterocycles. The summed E-state index contributed by atoms with van der Waals surface area (Å²) in [5.74, 6) is 3.37. The molecular weight excluding hydrogens is 376 g/mol. The maximum absolute atomic E-state index is 12.7. The van der Waals surface area contributed by atoms with Crippen molar-refractivity contribution in [2.45, 2.75) is 71.1 Å². The van der Waals surface area contributed by atoms with E-state index in [0.717, 1.165) is 48.2 Å². The van der Waals surface area contributed by atoms with Crippen molar-refractivity contribution in [3.8, 4) is 10.7 Å². The summed E-state index contributed by atoms with van der Waals surface area (Å²) in [6.45, 7) is 4.87. The maximum atomic E-state index is 12.7. The number of Topliss-reactive ketones (excluding diaryl/α,β-unsaturated/α-hetero) is 1. The molecule has 3 fully saturated rings. The van der Waals surface area contributed by atoms with Gasteiger partial charge in [-0.25, -0.2) is 4.98 Å². The van der Waals surface area contributed by atoms with E-state index in [1.165, 1.54) is 31.4 Å². The molecule has 29 heavy (non-hydrogen) atoms. The fourth-order valence-electron chi connectivity index (χ4n) is 7.82. The highest BCUT2D eigenvalue weighted by molar-refractivity contribution is 7.15. The molecule has 4 aliphatic rings. The minimum absolute atomic E-state index is 0.0131. The molecule has 4 aliphatic carbocycles. The van der Waals surface area contributed by atoms with E-state index in [4.69, 9.17) is 4.98 Å². The molecule has 2 aromatic rings. The summed E-state index contributed by atoms with van der Waals surface area (Å²) in [7, 11) is 0. The van der Waals surface area contributed by atoms with Crippen LogP contribution in [0.4, 0.5) is 0 Å². The van der Waals surface area contributed by atoms with Crippen LogP contribution in [0.15, 0.2) is 24.4 Å². The Morgan fingerprint density at radius 3 is 2.76 bits per heavy atom. The Labute approximate surface area is 177 Å². The molecule has 0 bridgehead atoms. The van der Waals surface area contributed by atoms with Crippen LogP contribution in [0.2, 0.25) is 0 Å². The Balaban J connectivity index is 1.35. The SMILES string of the molecule is C[C@]12CCc3nc(-c4ccccn4)sc3C1CC[C@@H]1[C@@H]2CC[C@]2(C)C(=O)CC[C@@H]12. The molecule has 0 spiro atoms. The Bertz CT molecular complexity index is 968. The largest absolute Gasteiger partial charge is 0.299 e. The molecule has 3 saturated carbocycles. The molecule has 152 valence electrons. The topological polar surface area (TPSA) is 42.9 Å². The molecule has 4 heteroatoms. The Kier molecular flexibility index (Phi) is 3.92. The number of nitrogens with zero attached hydrogens (tertiary/aromatic N) is 2. The van der Waals surface area contributed by atoms with E-state index in [2.05, 4.69) is 31.0 Å². The van der Waals surface area contributed by atoms with Crippen LogP contribution in [0.1, 0.15) is 75.3 Å². The average molecular weight is 407 g/mol. The van der Waals surface area contributed by atoms with Crippen molar-refractivity contribution in [3.63, 3.8) is 0 Å². The van der Waals surface area contributed by atoms with E-state index in [1.807, 2.05) is 23.6 Å². The van der Waals surface area contributed by atoms with Crippen LogP contribution in [0.3, 0.4) is 0 Å². The lowest BCUT2D eigenvalue weighted by Gasteiger charge is -2.59. The van der Waals surface area contributed by atoms with Gasteiger partial charge in [0.05, 0.1) is 11.4 Å². The van der Waals surface area contributed by atoms with Crippen LogP contribution >= 0.6 is 11.3 Å². The lowest BCUT2D eigenvalue weighted by molar-refractivity contribution is -0.134. The van der Waals surface area contributed by atoms with Gasteiger partial charge in [-0.2, -0.15) is 0 Å². The number of hydrogen-bond acceptors (Lipinski definition) is 4. The van der Waals surface area contributed by atoms with Crippen molar-refractivity contribution < 1.29 is 4.79 Å². The third kappa shape index (κ3) is 2.44. The van der Waals surface area contributed by atoms with Crippen molar-refractivity contribution in [2.24, 2.45) is 28.6 Å². The fourth-order valence-corrected chi connectivity index (χ4v) is 9.20. The zero-order chi connectivity index (χ0) is 19.8. The normalized spacial score (nSPS) is 40.7. The van der Waals surface area contributed by atoms with Gasteiger partial charge in [0.25, 0.3) is 0 Å². The smallest absolute Gasteiger partial charge is 0.142 e. The number of hydrogen-bond donors (Lipinski definition) is 0. The quantitative estimate of drug-likeness (QED) is 0.579. The average Bonchev–Trinajstić information content (AvgIpc) is 3.29. The van der Waals surface area contributed by atoms with E-state index < -0.39 is 0 Å². The molecule has 0 saturated heterocycles. The van der Waals surface area contributed by atoms with Crippen LogP contribution in [-0.2, 0) is 11.2 Å². The third-order valence-electron chi connectivity index (χ3n) is 9.41. The van der Waals surface area contributed by atoms with E-state index in [1.54, 1.807) is 4.88 Å². The van der Waals surface area contributed by atoms with Crippen LogP contribution < -0.4 is 0 Å². The first-order valence-electron chi connectivity index (χ1n) is 11.4. The summed E-state index contributed by atoms with van der Waals surface area (Å²) in [6.07, 6.45) is 11.2. The molecule has 1 unspecified atom stereocenters. The first kappa shape index (κ1) is 18.2. The van der Waals surface area contributed by atoms with Gasteiger partial charge in [0.1, 0.15) is 10.8 Å². The number of rotatable bonds is 1. The minimum atomic E-state index is -0.0131. The molecule has 6 atom stereocenters. The van der Waals surface area contributed by atoms with Crippen molar-refractivity contribution in [1.29, 1.82) is 0 Å². The van der Waals surface area contributed by atoms with Gasteiger partial charge in [-0.15, -0.1) is 11.3 Å². The molecule has 3 nitrogen and oxygen atoms in total.